The van der Waals surface area contributed by atoms with Crippen molar-refractivity contribution in [3.8, 4) is 0 Å². The monoisotopic (exact) mass is 416 g/mol. The molecule has 0 saturated carbocycles. The number of hydrogen-bond acceptors (Lipinski definition) is 3. The highest BCUT2D eigenvalue weighted by molar-refractivity contribution is 9.11. The number of aryl methyl sites for hydroxylation is 1. The highest BCUT2D eigenvalue weighted by Gasteiger charge is 2.17. The molecule has 0 radical (unpaired) electrons. The fraction of sp³-hybridized carbons (Fsp3) is 0.143. The molecule has 0 aliphatic carbocycles. The van der Waals surface area contributed by atoms with Crippen molar-refractivity contribution < 1.29 is 9.31 Å². The fourth-order valence-electron chi connectivity index (χ4n) is 1.90. The lowest BCUT2D eigenvalue weighted by Crippen LogP contribution is -2.05. The van der Waals surface area contributed by atoms with Crippen LogP contribution in [0, 0.1) is 22.9 Å². The summed E-state index contributed by atoms with van der Waals surface area (Å²) in [6.07, 6.45) is 0. The molecule has 0 fully saturated rings. The molecule has 0 aliphatic rings. The summed E-state index contributed by atoms with van der Waals surface area (Å²) in [5.74, 6) is -0.811. The Balaban J connectivity index is 2.25. The lowest BCUT2D eigenvalue weighted by atomic mass is 10.1. The molecular weight excluding hydrogens is 407 g/mol. The average molecular weight is 418 g/mol. The van der Waals surface area contributed by atoms with E-state index in [0.717, 1.165) is 26.3 Å². The Morgan fingerprint density at radius 3 is 2.48 bits per heavy atom. The molecule has 0 spiro atoms. The second-order valence-electron chi connectivity index (χ2n) is 4.46. The SMILES string of the molecule is Cc1cc(Br)c(NCc2cccc([N+](=O)[O-])c2F)c(Br)c1. The minimum absolute atomic E-state index is 0.147. The molecule has 4 nitrogen and oxygen atoms in total. The summed E-state index contributed by atoms with van der Waals surface area (Å²) in [4.78, 5) is 10.00. The van der Waals surface area contributed by atoms with Crippen molar-refractivity contribution in [2.24, 2.45) is 0 Å². The summed E-state index contributed by atoms with van der Waals surface area (Å²) in [6, 6.07) is 7.99. The minimum Gasteiger partial charge on any atom is -0.379 e. The Morgan fingerprint density at radius 1 is 1.29 bits per heavy atom. The summed E-state index contributed by atoms with van der Waals surface area (Å²) < 4.78 is 15.7. The van der Waals surface area contributed by atoms with Crippen LogP contribution in [0.5, 0.6) is 0 Å². The van der Waals surface area contributed by atoms with Crippen molar-refractivity contribution in [2.75, 3.05) is 5.32 Å². The third-order valence-electron chi connectivity index (χ3n) is 2.90. The summed E-state index contributed by atoms with van der Waals surface area (Å²) >= 11 is 6.87. The number of anilines is 1. The van der Waals surface area contributed by atoms with Crippen LogP contribution in [0.25, 0.3) is 0 Å². The van der Waals surface area contributed by atoms with Crippen LogP contribution < -0.4 is 5.32 Å². The molecule has 7 heteroatoms. The van der Waals surface area contributed by atoms with E-state index in [1.807, 2.05) is 19.1 Å². The van der Waals surface area contributed by atoms with Crippen molar-refractivity contribution in [1.29, 1.82) is 0 Å². The normalized spacial score (nSPS) is 10.5. The van der Waals surface area contributed by atoms with Crippen LogP contribution in [0.4, 0.5) is 15.8 Å². The van der Waals surface area contributed by atoms with Gasteiger partial charge in [-0.25, -0.2) is 0 Å². The van der Waals surface area contributed by atoms with Gasteiger partial charge in [-0.3, -0.25) is 10.1 Å². The van der Waals surface area contributed by atoms with Gasteiger partial charge in [-0.2, -0.15) is 4.39 Å². The molecule has 0 saturated heterocycles. The Morgan fingerprint density at radius 2 is 1.90 bits per heavy atom. The molecule has 0 aliphatic heterocycles. The topological polar surface area (TPSA) is 55.2 Å². The van der Waals surface area contributed by atoms with Gasteiger partial charge in [0.05, 0.1) is 10.6 Å². The highest BCUT2D eigenvalue weighted by atomic mass is 79.9. The first-order valence-corrected chi connectivity index (χ1v) is 7.60. The van der Waals surface area contributed by atoms with Crippen LogP contribution in [-0.4, -0.2) is 4.92 Å². The van der Waals surface area contributed by atoms with Crippen molar-refractivity contribution in [2.45, 2.75) is 13.5 Å². The first-order valence-electron chi connectivity index (χ1n) is 6.01. The Kier molecular flexibility index (Phi) is 4.95. The van der Waals surface area contributed by atoms with Crippen LogP contribution in [0.15, 0.2) is 39.3 Å². The number of hydrogen-bond donors (Lipinski definition) is 1. The summed E-state index contributed by atoms with van der Waals surface area (Å²) in [5, 5.41) is 13.8. The van der Waals surface area contributed by atoms with Crippen molar-refractivity contribution in [3.05, 3.63) is 66.3 Å². The second kappa shape index (κ2) is 6.53. The zero-order chi connectivity index (χ0) is 15.6. The van der Waals surface area contributed by atoms with Gasteiger partial charge >= 0.3 is 5.69 Å². The molecule has 0 bridgehead atoms. The molecule has 2 rings (SSSR count). The van der Waals surface area contributed by atoms with E-state index < -0.39 is 16.4 Å². The number of nitro groups is 1. The number of nitrogens with zero attached hydrogens (tertiary/aromatic N) is 1. The molecule has 1 N–H and O–H groups in total. The molecule has 0 heterocycles. The standard InChI is InChI=1S/C14H11Br2FN2O2/c1-8-5-10(15)14(11(16)6-8)18-7-9-3-2-4-12(13(9)17)19(20)21/h2-6,18H,7H2,1H3. The van der Waals surface area contributed by atoms with Gasteiger partial charge in [0.15, 0.2) is 0 Å². The highest BCUT2D eigenvalue weighted by Crippen LogP contribution is 2.33. The third kappa shape index (κ3) is 3.59. The fourth-order valence-corrected chi connectivity index (χ4v) is 3.59. The van der Waals surface area contributed by atoms with Gasteiger partial charge in [0.1, 0.15) is 0 Å². The smallest absolute Gasteiger partial charge is 0.305 e. The summed E-state index contributed by atoms with van der Waals surface area (Å²) in [7, 11) is 0. The average Bonchev–Trinajstić information content (AvgIpc) is 2.38. The van der Waals surface area contributed by atoms with Gasteiger partial charge in [0, 0.05) is 27.1 Å². The number of halogens is 3. The molecule has 0 aromatic heterocycles. The summed E-state index contributed by atoms with van der Waals surface area (Å²) in [6.45, 7) is 2.10. The van der Waals surface area contributed by atoms with Gasteiger partial charge in [0.2, 0.25) is 5.82 Å². The van der Waals surface area contributed by atoms with Gasteiger partial charge in [-0.15, -0.1) is 0 Å². The number of nitro benzene ring substituents is 1. The predicted octanol–water partition coefficient (Wildman–Crippen LogP) is 5.18. The Bertz CT molecular complexity index is 684. The predicted molar refractivity (Wildman–Crippen MR) is 87.0 cm³/mol. The zero-order valence-corrected chi connectivity index (χ0v) is 14.2. The first-order chi connectivity index (χ1) is 9.90. The number of rotatable bonds is 4. The quantitative estimate of drug-likeness (QED) is 0.550. The van der Waals surface area contributed by atoms with E-state index >= 15 is 0 Å². The lowest BCUT2D eigenvalue weighted by molar-refractivity contribution is -0.387. The van der Waals surface area contributed by atoms with Gasteiger partial charge in [0.25, 0.3) is 0 Å². The largest absolute Gasteiger partial charge is 0.379 e. The number of benzene rings is 2. The zero-order valence-electron chi connectivity index (χ0n) is 11.0. The maximum atomic E-state index is 14.0. The molecular formula is C14H11Br2FN2O2. The second-order valence-corrected chi connectivity index (χ2v) is 6.17. The van der Waals surface area contributed by atoms with Crippen molar-refractivity contribution >= 4 is 43.2 Å². The van der Waals surface area contributed by atoms with Gasteiger partial charge in [-0.05, 0) is 56.5 Å². The minimum atomic E-state index is -0.811. The van der Waals surface area contributed by atoms with Crippen LogP contribution in [-0.2, 0) is 6.54 Å². The van der Waals surface area contributed by atoms with E-state index in [1.54, 1.807) is 0 Å². The molecule has 0 unspecified atom stereocenters. The van der Waals surface area contributed by atoms with Crippen LogP contribution in [0.1, 0.15) is 11.1 Å². The van der Waals surface area contributed by atoms with Crippen LogP contribution in [0.2, 0.25) is 0 Å². The van der Waals surface area contributed by atoms with E-state index in [0.29, 0.717) is 0 Å². The molecule has 110 valence electrons. The molecule has 21 heavy (non-hydrogen) atoms. The Hall–Kier alpha value is -1.47. The van der Waals surface area contributed by atoms with E-state index in [1.165, 1.54) is 12.1 Å². The van der Waals surface area contributed by atoms with E-state index in [-0.39, 0.29) is 12.1 Å². The third-order valence-corrected chi connectivity index (χ3v) is 4.15. The molecule has 0 atom stereocenters. The maximum absolute atomic E-state index is 14.0. The van der Waals surface area contributed by atoms with Crippen molar-refractivity contribution in [1.82, 2.24) is 0 Å². The van der Waals surface area contributed by atoms with Gasteiger partial charge in [-0.1, -0.05) is 12.1 Å². The lowest BCUT2D eigenvalue weighted by Gasteiger charge is -2.12. The first kappa shape index (κ1) is 15.9. The molecule has 2 aromatic carbocycles. The van der Waals surface area contributed by atoms with Crippen LogP contribution in [0.3, 0.4) is 0 Å². The van der Waals surface area contributed by atoms with E-state index in [2.05, 4.69) is 37.2 Å². The van der Waals surface area contributed by atoms with E-state index in [4.69, 9.17) is 0 Å². The molecule has 2 aromatic rings. The number of nitrogens with one attached hydrogen (secondary N) is 1. The van der Waals surface area contributed by atoms with Gasteiger partial charge < -0.3 is 5.32 Å². The summed E-state index contributed by atoms with van der Waals surface area (Å²) in [5.41, 5.74) is 1.56. The van der Waals surface area contributed by atoms with Crippen LogP contribution >= 0.6 is 31.9 Å². The Labute approximate surface area is 137 Å². The maximum Gasteiger partial charge on any atom is 0.305 e. The van der Waals surface area contributed by atoms with E-state index in [9.17, 15) is 14.5 Å². The van der Waals surface area contributed by atoms with Crippen molar-refractivity contribution in [3.63, 3.8) is 0 Å². The molecule has 0 amide bonds.